The van der Waals surface area contributed by atoms with Crippen LogP contribution in [0.2, 0.25) is 15.1 Å². The van der Waals surface area contributed by atoms with Crippen LogP contribution in [-0.4, -0.2) is 0 Å². The number of nitrogens with one attached hydrogen (secondary N) is 1. The Morgan fingerprint density at radius 2 is 1.78 bits per heavy atom. The second kappa shape index (κ2) is 6.16. The van der Waals surface area contributed by atoms with Crippen LogP contribution in [0.3, 0.4) is 0 Å². The Morgan fingerprint density at radius 3 is 2.50 bits per heavy atom. The molecule has 0 radical (unpaired) electrons. The molecule has 18 heavy (non-hydrogen) atoms. The van der Waals surface area contributed by atoms with Crippen molar-refractivity contribution < 1.29 is 0 Å². The Balaban J connectivity index is 2.11. The zero-order chi connectivity index (χ0) is 13.1. The van der Waals surface area contributed by atoms with E-state index in [0.29, 0.717) is 21.6 Å². The van der Waals surface area contributed by atoms with Crippen LogP contribution in [0.1, 0.15) is 5.56 Å². The van der Waals surface area contributed by atoms with Gasteiger partial charge in [0.05, 0.1) is 15.1 Å². The van der Waals surface area contributed by atoms with Crippen LogP contribution in [0.15, 0.2) is 40.9 Å². The SMILES string of the molecule is Clc1ccc(NCc2cccc(Cl)c2Cl)cc1Br. The number of benzene rings is 2. The van der Waals surface area contributed by atoms with E-state index in [2.05, 4.69) is 21.2 Å². The molecule has 1 N–H and O–H groups in total. The van der Waals surface area contributed by atoms with Crippen molar-refractivity contribution in [2.75, 3.05) is 5.32 Å². The van der Waals surface area contributed by atoms with Crippen LogP contribution < -0.4 is 5.32 Å². The molecule has 2 rings (SSSR count). The van der Waals surface area contributed by atoms with E-state index in [9.17, 15) is 0 Å². The van der Waals surface area contributed by atoms with Crippen molar-refractivity contribution >= 4 is 56.4 Å². The Morgan fingerprint density at radius 1 is 1.00 bits per heavy atom. The van der Waals surface area contributed by atoms with Gasteiger partial charge in [0, 0.05) is 16.7 Å². The van der Waals surface area contributed by atoms with Crippen molar-refractivity contribution in [3.63, 3.8) is 0 Å². The number of hydrogen-bond acceptors (Lipinski definition) is 1. The third-order valence-electron chi connectivity index (χ3n) is 2.43. The largest absolute Gasteiger partial charge is 0.381 e. The highest BCUT2D eigenvalue weighted by molar-refractivity contribution is 9.10. The number of rotatable bonds is 3. The van der Waals surface area contributed by atoms with Gasteiger partial charge in [0.1, 0.15) is 0 Å². The summed E-state index contributed by atoms with van der Waals surface area (Å²) in [5.74, 6) is 0. The molecule has 0 aliphatic carbocycles. The molecule has 94 valence electrons. The first-order valence-electron chi connectivity index (χ1n) is 5.20. The van der Waals surface area contributed by atoms with Gasteiger partial charge in [-0.3, -0.25) is 0 Å². The van der Waals surface area contributed by atoms with Gasteiger partial charge < -0.3 is 5.32 Å². The minimum Gasteiger partial charge on any atom is -0.381 e. The molecule has 0 atom stereocenters. The maximum absolute atomic E-state index is 6.11. The van der Waals surface area contributed by atoms with Gasteiger partial charge in [0.2, 0.25) is 0 Å². The smallest absolute Gasteiger partial charge is 0.0642 e. The Kier molecular flexibility index (Phi) is 4.79. The first kappa shape index (κ1) is 14.0. The molecule has 0 aromatic heterocycles. The number of halogens is 4. The van der Waals surface area contributed by atoms with E-state index in [-0.39, 0.29) is 0 Å². The third kappa shape index (κ3) is 3.33. The molecule has 0 saturated heterocycles. The van der Waals surface area contributed by atoms with E-state index < -0.39 is 0 Å². The van der Waals surface area contributed by atoms with Gasteiger partial charge in [0.15, 0.2) is 0 Å². The summed E-state index contributed by atoms with van der Waals surface area (Å²) in [6, 6.07) is 11.2. The molecular weight excluding hydrogens is 356 g/mol. The molecule has 0 aliphatic rings. The standard InChI is InChI=1S/C13H9BrCl3N/c14-10-6-9(4-5-11(10)15)18-7-8-2-1-3-12(16)13(8)17/h1-6,18H,7H2. The van der Waals surface area contributed by atoms with Crippen LogP contribution in [0.25, 0.3) is 0 Å². The van der Waals surface area contributed by atoms with Crippen molar-refractivity contribution in [3.05, 3.63) is 61.5 Å². The molecule has 5 heteroatoms. The fourth-order valence-electron chi connectivity index (χ4n) is 1.49. The molecule has 0 amide bonds. The van der Waals surface area contributed by atoms with Crippen molar-refractivity contribution in [2.45, 2.75) is 6.54 Å². The molecule has 1 nitrogen and oxygen atoms in total. The van der Waals surface area contributed by atoms with E-state index in [1.165, 1.54) is 0 Å². The Labute approximate surface area is 129 Å². The fraction of sp³-hybridized carbons (Fsp3) is 0.0769. The molecule has 0 saturated carbocycles. The highest BCUT2D eigenvalue weighted by Crippen LogP contribution is 2.28. The van der Waals surface area contributed by atoms with Crippen molar-refractivity contribution in [3.8, 4) is 0 Å². The minimum atomic E-state index is 0.563. The second-order valence-electron chi connectivity index (χ2n) is 3.70. The molecule has 0 spiro atoms. The summed E-state index contributed by atoms with van der Waals surface area (Å²) >= 11 is 21.4. The van der Waals surface area contributed by atoms with Crippen LogP contribution in [-0.2, 0) is 6.54 Å². The van der Waals surface area contributed by atoms with Crippen molar-refractivity contribution in [1.82, 2.24) is 0 Å². The average molecular weight is 365 g/mol. The Bertz CT molecular complexity index is 572. The predicted molar refractivity (Wildman–Crippen MR) is 82.9 cm³/mol. The molecular formula is C13H9BrCl3N. The van der Waals surface area contributed by atoms with Crippen LogP contribution in [0.5, 0.6) is 0 Å². The summed E-state index contributed by atoms with van der Waals surface area (Å²) in [5, 5.41) is 5.09. The maximum atomic E-state index is 6.11. The van der Waals surface area contributed by atoms with Gasteiger partial charge in [-0.2, -0.15) is 0 Å². The number of hydrogen-bond donors (Lipinski definition) is 1. The van der Waals surface area contributed by atoms with Gasteiger partial charge in [0.25, 0.3) is 0 Å². The van der Waals surface area contributed by atoms with Gasteiger partial charge in [-0.1, -0.05) is 46.9 Å². The highest BCUT2D eigenvalue weighted by Gasteiger charge is 2.04. The summed E-state index contributed by atoms with van der Waals surface area (Å²) in [5.41, 5.74) is 1.91. The van der Waals surface area contributed by atoms with Crippen molar-refractivity contribution in [1.29, 1.82) is 0 Å². The van der Waals surface area contributed by atoms with Crippen molar-refractivity contribution in [2.24, 2.45) is 0 Å². The highest BCUT2D eigenvalue weighted by atomic mass is 79.9. The lowest BCUT2D eigenvalue weighted by atomic mass is 10.2. The van der Waals surface area contributed by atoms with Gasteiger partial charge >= 0.3 is 0 Å². The maximum Gasteiger partial charge on any atom is 0.0642 e. The van der Waals surface area contributed by atoms with Gasteiger partial charge in [-0.15, -0.1) is 0 Å². The summed E-state index contributed by atoms with van der Waals surface area (Å²) in [6.45, 7) is 0.605. The summed E-state index contributed by atoms with van der Waals surface area (Å²) < 4.78 is 0.853. The second-order valence-corrected chi connectivity index (χ2v) is 5.74. The summed E-state index contributed by atoms with van der Waals surface area (Å²) in [6.07, 6.45) is 0. The molecule has 0 fully saturated rings. The molecule has 0 bridgehead atoms. The fourth-order valence-corrected chi connectivity index (χ4v) is 2.37. The van der Waals surface area contributed by atoms with E-state index in [0.717, 1.165) is 15.7 Å². The Hall–Kier alpha value is -0.410. The normalized spacial score (nSPS) is 10.4. The van der Waals surface area contributed by atoms with Crippen LogP contribution in [0.4, 0.5) is 5.69 Å². The van der Waals surface area contributed by atoms with E-state index >= 15 is 0 Å². The lowest BCUT2D eigenvalue weighted by Crippen LogP contribution is -2.00. The molecule has 2 aromatic rings. The first-order chi connectivity index (χ1) is 8.58. The molecule has 0 heterocycles. The third-order valence-corrected chi connectivity index (χ3v) is 4.51. The quantitative estimate of drug-likeness (QED) is 0.701. The van der Waals surface area contributed by atoms with Crippen LogP contribution >= 0.6 is 50.7 Å². The van der Waals surface area contributed by atoms with Crippen LogP contribution in [0, 0.1) is 0 Å². The zero-order valence-corrected chi connectivity index (χ0v) is 13.0. The first-order valence-corrected chi connectivity index (χ1v) is 7.12. The number of anilines is 1. The zero-order valence-electron chi connectivity index (χ0n) is 9.18. The van der Waals surface area contributed by atoms with E-state index in [1.54, 1.807) is 6.07 Å². The molecule has 0 aliphatic heterocycles. The van der Waals surface area contributed by atoms with E-state index in [4.69, 9.17) is 34.8 Å². The predicted octanol–water partition coefficient (Wildman–Crippen LogP) is 6.02. The monoisotopic (exact) mass is 363 g/mol. The lowest BCUT2D eigenvalue weighted by molar-refractivity contribution is 1.15. The van der Waals surface area contributed by atoms with Gasteiger partial charge in [-0.25, -0.2) is 0 Å². The van der Waals surface area contributed by atoms with Gasteiger partial charge in [-0.05, 0) is 45.8 Å². The van der Waals surface area contributed by atoms with E-state index in [1.807, 2.05) is 30.3 Å². The summed E-state index contributed by atoms with van der Waals surface area (Å²) in [4.78, 5) is 0. The lowest BCUT2D eigenvalue weighted by Gasteiger charge is -2.09. The topological polar surface area (TPSA) is 12.0 Å². The summed E-state index contributed by atoms with van der Waals surface area (Å²) in [7, 11) is 0. The molecule has 0 unspecified atom stereocenters. The average Bonchev–Trinajstić information content (AvgIpc) is 2.35. The molecule has 2 aromatic carbocycles. The minimum absolute atomic E-state index is 0.563.